The monoisotopic (exact) mass is 315 g/mol. The Kier molecular flexibility index (Phi) is 4.60. The molecule has 2 rings (SSSR count). The number of nitrogens with zero attached hydrogens (tertiary/aromatic N) is 3. The van der Waals surface area contributed by atoms with Crippen molar-refractivity contribution in [3.63, 3.8) is 0 Å². The highest BCUT2D eigenvalue weighted by Gasteiger charge is 2.30. The van der Waals surface area contributed by atoms with Crippen LogP contribution in [0, 0.1) is 24.7 Å². The lowest BCUT2D eigenvalue weighted by Crippen LogP contribution is -2.31. The van der Waals surface area contributed by atoms with Crippen LogP contribution in [-0.2, 0) is 11.8 Å². The van der Waals surface area contributed by atoms with E-state index in [2.05, 4.69) is 16.0 Å². The van der Waals surface area contributed by atoms with Gasteiger partial charge >= 0.3 is 5.97 Å². The summed E-state index contributed by atoms with van der Waals surface area (Å²) in [4.78, 5) is 16.7. The molecule has 122 valence electrons. The Balaban J connectivity index is 2.23. The molecule has 2 aromatic rings. The van der Waals surface area contributed by atoms with Crippen LogP contribution < -0.4 is 0 Å². The third kappa shape index (κ3) is 3.81. The number of oxazole rings is 1. The Morgan fingerprint density at radius 2 is 2.22 bits per heavy atom. The molecule has 0 saturated carbocycles. The molecule has 0 bridgehead atoms. The number of carbonyl (C=O) groups is 1. The average molecular weight is 315 g/mol. The van der Waals surface area contributed by atoms with Crippen LogP contribution in [0.5, 0.6) is 0 Å². The third-order valence-corrected chi connectivity index (χ3v) is 3.45. The van der Waals surface area contributed by atoms with Gasteiger partial charge in [-0.25, -0.2) is 9.78 Å². The molecule has 6 heteroatoms. The minimum absolute atomic E-state index is 0.0927. The van der Waals surface area contributed by atoms with Gasteiger partial charge in [-0.05, 0) is 12.3 Å². The smallest absolute Gasteiger partial charge is 0.376 e. The van der Waals surface area contributed by atoms with Gasteiger partial charge < -0.3 is 9.15 Å². The molecule has 1 atom stereocenters. The number of ether oxygens (including phenoxy) is 1. The number of aromatic nitrogens is 3. The topological polar surface area (TPSA) is 70.2 Å². The highest BCUT2D eigenvalue weighted by atomic mass is 16.6. The van der Waals surface area contributed by atoms with Crippen LogP contribution in [0.25, 0.3) is 11.5 Å². The first-order valence-corrected chi connectivity index (χ1v) is 7.33. The van der Waals surface area contributed by atoms with Gasteiger partial charge in [0.05, 0.1) is 17.5 Å². The van der Waals surface area contributed by atoms with Crippen molar-refractivity contribution in [2.45, 2.75) is 40.2 Å². The fraction of sp³-hybridized carbons (Fsp3) is 0.471. The SMILES string of the molecule is C#CCC(OC(=O)c1oc(-c2cnn(C)c2)nc1C)C(C)(C)C. The minimum Gasteiger partial charge on any atom is -0.455 e. The number of carbonyl (C=O) groups excluding carboxylic acids is 1. The maximum absolute atomic E-state index is 12.4. The Bertz CT molecular complexity index is 744. The summed E-state index contributed by atoms with van der Waals surface area (Å²) in [7, 11) is 1.79. The maximum Gasteiger partial charge on any atom is 0.376 e. The molecule has 0 aliphatic heterocycles. The van der Waals surface area contributed by atoms with Crippen molar-refractivity contribution in [1.82, 2.24) is 14.8 Å². The summed E-state index contributed by atoms with van der Waals surface area (Å²) in [6, 6.07) is 0. The number of hydrogen-bond donors (Lipinski definition) is 0. The minimum atomic E-state index is -0.555. The van der Waals surface area contributed by atoms with Gasteiger partial charge in [0, 0.05) is 19.7 Å². The molecule has 2 heterocycles. The summed E-state index contributed by atoms with van der Waals surface area (Å²) >= 11 is 0. The maximum atomic E-state index is 12.4. The molecule has 0 amide bonds. The highest BCUT2D eigenvalue weighted by molar-refractivity contribution is 5.88. The van der Waals surface area contributed by atoms with Crippen molar-refractivity contribution in [3.05, 3.63) is 23.8 Å². The zero-order valence-corrected chi connectivity index (χ0v) is 14.1. The molecule has 0 radical (unpaired) electrons. The van der Waals surface area contributed by atoms with E-state index in [-0.39, 0.29) is 11.2 Å². The molecule has 0 aromatic carbocycles. The van der Waals surface area contributed by atoms with Gasteiger partial charge in [-0.1, -0.05) is 20.8 Å². The summed E-state index contributed by atoms with van der Waals surface area (Å²) < 4.78 is 12.8. The molecular weight excluding hydrogens is 294 g/mol. The summed E-state index contributed by atoms with van der Waals surface area (Å²) in [6.07, 6.45) is 8.70. The average Bonchev–Trinajstić information content (AvgIpc) is 3.03. The summed E-state index contributed by atoms with van der Waals surface area (Å²) in [5, 5.41) is 4.06. The number of hydrogen-bond acceptors (Lipinski definition) is 5. The van der Waals surface area contributed by atoms with Crippen molar-refractivity contribution < 1.29 is 13.9 Å². The molecule has 0 aliphatic rings. The summed E-state index contributed by atoms with van der Waals surface area (Å²) in [5.41, 5.74) is 0.912. The van der Waals surface area contributed by atoms with E-state index in [1.165, 1.54) is 0 Å². The Morgan fingerprint density at radius 3 is 2.74 bits per heavy atom. The zero-order valence-electron chi connectivity index (χ0n) is 14.1. The van der Waals surface area contributed by atoms with Gasteiger partial charge in [-0.15, -0.1) is 12.3 Å². The van der Waals surface area contributed by atoms with Gasteiger partial charge in [-0.3, -0.25) is 4.68 Å². The molecule has 6 nitrogen and oxygen atoms in total. The lowest BCUT2D eigenvalue weighted by atomic mass is 9.87. The van der Waals surface area contributed by atoms with E-state index >= 15 is 0 Å². The van der Waals surface area contributed by atoms with Crippen molar-refractivity contribution in [2.24, 2.45) is 12.5 Å². The van der Waals surface area contributed by atoms with E-state index in [1.807, 2.05) is 20.8 Å². The second-order valence-electron chi connectivity index (χ2n) is 6.50. The summed E-state index contributed by atoms with van der Waals surface area (Å²) in [5.74, 6) is 2.42. The van der Waals surface area contributed by atoms with Gasteiger partial charge in [0.2, 0.25) is 11.7 Å². The first kappa shape index (κ1) is 16.8. The highest BCUT2D eigenvalue weighted by Crippen LogP contribution is 2.27. The van der Waals surface area contributed by atoms with Crippen molar-refractivity contribution in [2.75, 3.05) is 0 Å². The largest absolute Gasteiger partial charge is 0.455 e. The Labute approximate surface area is 135 Å². The van der Waals surface area contributed by atoms with Crippen molar-refractivity contribution in [1.29, 1.82) is 0 Å². The van der Waals surface area contributed by atoms with Gasteiger partial charge in [0.15, 0.2) is 0 Å². The fourth-order valence-corrected chi connectivity index (χ4v) is 2.06. The van der Waals surface area contributed by atoms with E-state index in [0.29, 0.717) is 23.6 Å². The molecular formula is C17H21N3O3. The Morgan fingerprint density at radius 1 is 1.52 bits per heavy atom. The molecule has 0 spiro atoms. The number of terminal acetylenes is 1. The van der Waals surface area contributed by atoms with E-state index in [0.717, 1.165) is 0 Å². The van der Waals surface area contributed by atoms with E-state index in [1.54, 1.807) is 31.0 Å². The number of esters is 1. The van der Waals surface area contributed by atoms with E-state index in [9.17, 15) is 4.79 Å². The number of aryl methyl sites for hydroxylation is 2. The second-order valence-corrected chi connectivity index (χ2v) is 6.50. The van der Waals surface area contributed by atoms with Crippen LogP contribution in [0.4, 0.5) is 0 Å². The van der Waals surface area contributed by atoms with Crippen LogP contribution in [-0.4, -0.2) is 26.8 Å². The first-order valence-electron chi connectivity index (χ1n) is 7.33. The molecule has 0 saturated heterocycles. The van der Waals surface area contributed by atoms with Gasteiger partial charge in [0.1, 0.15) is 6.10 Å². The number of rotatable bonds is 4. The predicted molar refractivity (Wildman–Crippen MR) is 85.6 cm³/mol. The molecule has 23 heavy (non-hydrogen) atoms. The van der Waals surface area contributed by atoms with Crippen LogP contribution in [0.3, 0.4) is 0 Å². The van der Waals surface area contributed by atoms with Crippen molar-refractivity contribution >= 4 is 5.97 Å². The molecule has 1 unspecified atom stereocenters. The van der Waals surface area contributed by atoms with Crippen LogP contribution in [0.2, 0.25) is 0 Å². The van der Waals surface area contributed by atoms with E-state index in [4.69, 9.17) is 15.6 Å². The van der Waals surface area contributed by atoms with Crippen LogP contribution in [0.1, 0.15) is 43.4 Å². The lowest BCUT2D eigenvalue weighted by Gasteiger charge is -2.28. The van der Waals surface area contributed by atoms with Crippen LogP contribution >= 0.6 is 0 Å². The zero-order chi connectivity index (χ0) is 17.2. The predicted octanol–water partition coefficient (Wildman–Crippen LogP) is 2.98. The second kappa shape index (κ2) is 6.29. The van der Waals surface area contributed by atoms with Crippen LogP contribution in [0.15, 0.2) is 16.8 Å². The lowest BCUT2D eigenvalue weighted by molar-refractivity contribution is -0.00353. The molecule has 0 N–H and O–H groups in total. The fourth-order valence-electron chi connectivity index (χ4n) is 2.06. The van der Waals surface area contributed by atoms with Crippen molar-refractivity contribution in [3.8, 4) is 23.8 Å². The third-order valence-electron chi connectivity index (χ3n) is 3.45. The first-order chi connectivity index (χ1) is 10.7. The normalized spacial score (nSPS) is 12.7. The Hall–Kier alpha value is -2.55. The van der Waals surface area contributed by atoms with Gasteiger partial charge in [0.25, 0.3) is 0 Å². The molecule has 0 aliphatic carbocycles. The molecule has 0 fully saturated rings. The summed E-state index contributed by atoms with van der Waals surface area (Å²) in [6.45, 7) is 7.61. The standard InChI is InChI=1S/C17H21N3O3/c1-7-8-13(17(3,4)5)22-16(21)14-11(2)19-15(23-14)12-9-18-20(6)10-12/h1,9-10,13H,8H2,2-6H3. The quantitative estimate of drug-likeness (QED) is 0.641. The van der Waals surface area contributed by atoms with E-state index < -0.39 is 12.1 Å². The molecule has 2 aromatic heterocycles. The van der Waals surface area contributed by atoms with Gasteiger partial charge in [-0.2, -0.15) is 5.10 Å².